The molecule has 1 aliphatic heterocycles. The van der Waals surface area contributed by atoms with Gasteiger partial charge in [0.05, 0.1) is 7.11 Å². The van der Waals surface area contributed by atoms with Gasteiger partial charge in [0.25, 0.3) is 5.91 Å². The van der Waals surface area contributed by atoms with Crippen LogP contribution in [0.3, 0.4) is 0 Å². The summed E-state index contributed by atoms with van der Waals surface area (Å²) in [7, 11) is 1.62. The minimum absolute atomic E-state index is 0.0708. The van der Waals surface area contributed by atoms with Crippen molar-refractivity contribution in [2.24, 2.45) is 11.7 Å². The van der Waals surface area contributed by atoms with Gasteiger partial charge in [0, 0.05) is 24.7 Å². The third-order valence-corrected chi connectivity index (χ3v) is 3.91. The van der Waals surface area contributed by atoms with Crippen LogP contribution in [-0.4, -0.2) is 37.0 Å². The van der Waals surface area contributed by atoms with Crippen LogP contribution in [0.1, 0.15) is 29.3 Å². The second-order valence-electron chi connectivity index (χ2n) is 5.34. The van der Waals surface area contributed by atoms with Gasteiger partial charge in [-0.25, -0.2) is 0 Å². The Bertz CT molecular complexity index is 471. The molecule has 2 unspecified atom stereocenters. The van der Waals surface area contributed by atoms with Crippen LogP contribution in [0.25, 0.3) is 0 Å². The molecule has 19 heavy (non-hydrogen) atoms. The van der Waals surface area contributed by atoms with Crippen molar-refractivity contribution in [3.05, 3.63) is 29.3 Å². The molecule has 0 bridgehead atoms. The third kappa shape index (κ3) is 2.89. The molecule has 1 amide bonds. The highest BCUT2D eigenvalue weighted by atomic mass is 16.5. The van der Waals surface area contributed by atoms with E-state index >= 15 is 0 Å². The van der Waals surface area contributed by atoms with Gasteiger partial charge in [0.15, 0.2) is 0 Å². The first kappa shape index (κ1) is 13.9. The van der Waals surface area contributed by atoms with E-state index in [1.54, 1.807) is 7.11 Å². The number of benzene rings is 1. The third-order valence-electron chi connectivity index (χ3n) is 3.91. The van der Waals surface area contributed by atoms with E-state index in [0.717, 1.165) is 30.8 Å². The highest BCUT2D eigenvalue weighted by molar-refractivity contribution is 5.95. The molecule has 2 atom stereocenters. The van der Waals surface area contributed by atoms with Gasteiger partial charge in [0.1, 0.15) is 5.75 Å². The van der Waals surface area contributed by atoms with Crippen LogP contribution in [-0.2, 0) is 0 Å². The summed E-state index contributed by atoms with van der Waals surface area (Å²) in [6.07, 6.45) is 0.992. The van der Waals surface area contributed by atoms with Crippen molar-refractivity contribution in [3.63, 3.8) is 0 Å². The van der Waals surface area contributed by atoms with E-state index in [1.165, 1.54) is 0 Å². The number of nitrogens with two attached hydrogens (primary N) is 1. The maximum atomic E-state index is 12.4. The lowest BCUT2D eigenvalue weighted by Crippen LogP contribution is -2.33. The van der Waals surface area contributed by atoms with Gasteiger partial charge in [-0.15, -0.1) is 0 Å². The van der Waals surface area contributed by atoms with Crippen LogP contribution in [0.4, 0.5) is 0 Å². The summed E-state index contributed by atoms with van der Waals surface area (Å²) in [6.45, 7) is 5.52. The van der Waals surface area contributed by atoms with E-state index in [4.69, 9.17) is 10.5 Å². The average Bonchev–Trinajstić information content (AvgIpc) is 2.88. The Morgan fingerprint density at radius 1 is 1.53 bits per heavy atom. The predicted molar refractivity (Wildman–Crippen MR) is 75.4 cm³/mol. The molecule has 1 fully saturated rings. The molecule has 0 aromatic heterocycles. The average molecular weight is 262 g/mol. The molecule has 2 N–H and O–H groups in total. The fourth-order valence-electron chi connectivity index (χ4n) is 2.54. The van der Waals surface area contributed by atoms with E-state index in [2.05, 4.69) is 0 Å². The maximum absolute atomic E-state index is 12.4. The van der Waals surface area contributed by atoms with Gasteiger partial charge in [-0.1, -0.05) is 6.07 Å². The molecule has 1 aromatic carbocycles. The number of carbonyl (C=O) groups is 1. The van der Waals surface area contributed by atoms with Crippen LogP contribution < -0.4 is 10.5 Å². The smallest absolute Gasteiger partial charge is 0.253 e. The molecule has 2 rings (SSSR count). The van der Waals surface area contributed by atoms with Crippen LogP contribution in [0, 0.1) is 12.8 Å². The Labute approximate surface area is 114 Å². The summed E-state index contributed by atoms with van der Waals surface area (Å²) in [5.41, 5.74) is 7.63. The monoisotopic (exact) mass is 262 g/mol. The van der Waals surface area contributed by atoms with Crippen LogP contribution in [0.15, 0.2) is 18.2 Å². The van der Waals surface area contributed by atoms with Gasteiger partial charge in [-0.2, -0.15) is 0 Å². The summed E-state index contributed by atoms with van der Waals surface area (Å²) in [5.74, 6) is 1.24. The number of aryl methyl sites for hydroxylation is 1. The molecule has 1 heterocycles. The number of amides is 1. The second kappa shape index (κ2) is 5.61. The lowest BCUT2D eigenvalue weighted by atomic mass is 10.0. The van der Waals surface area contributed by atoms with Gasteiger partial charge >= 0.3 is 0 Å². The van der Waals surface area contributed by atoms with Gasteiger partial charge in [0.2, 0.25) is 0 Å². The number of hydrogen-bond donors (Lipinski definition) is 1. The second-order valence-corrected chi connectivity index (χ2v) is 5.34. The van der Waals surface area contributed by atoms with E-state index in [9.17, 15) is 4.79 Å². The summed E-state index contributed by atoms with van der Waals surface area (Å²) in [5, 5.41) is 0. The number of rotatable bonds is 3. The zero-order valence-corrected chi connectivity index (χ0v) is 11.8. The predicted octanol–water partition coefficient (Wildman–Crippen LogP) is 1.81. The van der Waals surface area contributed by atoms with Crippen molar-refractivity contribution in [3.8, 4) is 5.75 Å². The number of hydrogen-bond acceptors (Lipinski definition) is 3. The minimum atomic E-state index is 0.0708. The van der Waals surface area contributed by atoms with Gasteiger partial charge in [-0.3, -0.25) is 4.79 Å². The zero-order valence-electron chi connectivity index (χ0n) is 11.8. The molecule has 0 radical (unpaired) electrons. The molecule has 1 aromatic rings. The molecule has 104 valence electrons. The van der Waals surface area contributed by atoms with Crippen molar-refractivity contribution >= 4 is 5.91 Å². The van der Waals surface area contributed by atoms with E-state index in [-0.39, 0.29) is 11.9 Å². The first-order chi connectivity index (χ1) is 9.02. The largest absolute Gasteiger partial charge is 0.496 e. The number of carbonyl (C=O) groups excluding carboxylic acids is 1. The lowest BCUT2D eigenvalue weighted by Gasteiger charge is -2.18. The molecular formula is C15H22N2O2. The molecule has 0 aliphatic carbocycles. The summed E-state index contributed by atoms with van der Waals surface area (Å²) < 4.78 is 5.27. The Balaban J connectivity index is 2.12. The van der Waals surface area contributed by atoms with Crippen molar-refractivity contribution in [2.45, 2.75) is 26.3 Å². The van der Waals surface area contributed by atoms with Gasteiger partial charge < -0.3 is 15.4 Å². The topological polar surface area (TPSA) is 55.6 Å². The first-order valence-corrected chi connectivity index (χ1v) is 6.72. The zero-order chi connectivity index (χ0) is 14.0. The SMILES string of the molecule is COc1cc(C(=O)N2CCC(C(C)N)C2)ccc1C. The standard InChI is InChI=1S/C15H22N2O2/c1-10-4-5-12(8-14(10)19-3)15(18)17-7-6-13(9-17)11(2)16/h4-5,8,11,13H,6-7,9,16H2,1-3H3. The molecule has 4 nitrogen and oxygen atoms in total. The fraction of sp³-hybridized carbons (Fsp3) is 0.533. The molecule has 0 saturated carbocycles. The van der Waals surface area contributed by atoms with Gasteiger partial charge in [-0.05, 0) is 43.9 Å². The summed E-state index contributed by atoms with van der Waals surface area (Å²) >= 11 is 0. The summed E-state index contributed by atoms with van der Waals surface area (Å²) in [6, 6.07) is 5.74. The van der Waals surface area contributed by atoms with E-state index < -0.39 is 0 Å². The highest BCUT2D eigenvalue weighted by Crippen LogP contribution is 2.24. The first-order valence-electron chi connectivity index (χ1n) is 6.72. The summed E-state index contributed by atoms with van der Waals surface area (Å²) in [4.78, 5) is 14.3. The Hall–Kier alpha value is -1.55. The molecule has 1 aliphatic rings. The van der Waals surface area contributed by atoms with Crippen molar-refractivity contribution in [1.82, 2.24) is 4.90 Å². The Kier molecular flexibility index (Phi) is 4.10. The maximum Gasteiger partial charge on any atom is 0.253 e. The van der Waals surface area contributed by atoms with Crippen molar-refractivity contribution < 1.29 is 9.53 Å². The van der Waals surface area contributed by atoms with Crippen LogP contribution >= 0.6 is 0 Å². The van der Waals surface area contributed by atoms with E-state index in [1.807, 2.05) is 36.9 Å². The van der Waals surface area contributed by atoms with Crippen LogP contribution in [0.5, 0.6) is 5.75 Å². The van der Waals surface area contributed by atoms with Crippen LogP contribution in [0.2, 0.25) is 0 Å². The normalized spacial score (nSPS) is 20.4. The Morgan fingerprint density at radius 2 is 2.26 bits per heavy atom. The number of likely N-dealkylation sites (tertiary alicyclic amines) is 1. The molecule has 1 saturated heterocycles. The molecule has 4 heteroatoms. The Morgan fingerprint density at radius 3 is 2.84 bits per heavy atom. The van der Waals surface area contributed by atoms with Crippen molar-refractivity contribution in [1.29, 1.82) is 0 Å². The highest BCUT2D eigenvalue weighted by Gasteiger charge is 2.29. The fourth-order valence-corrected chi connectivity index (χ4v) is 2.54. The number of methoxy groups -OCH3 is 1. The quantitative estimate of drug-likeness (QED) is 0.904. The lowest BCUT2D eigenvalue weighted by molar-refractivity contribution is 0.0785. The van der Waals surface area contributed by atoms with Crippen molar-refractivity contribution in [2.75, 3.05) is 20.2 Å². The minimum Gasteiger partial charge on any atom is -0.496 e. The number of nitrogens with zero attached hydrogens (tertiary/aromatic N) is 1. The molecule has 0 spiro atoms. The van der Waals surface area contributed by atoms with E-state index in [0.29, 0.717) is 11.5 Å². The number of ether oxygens (including phenoxy) is 1. The molecular weight excluding hydrogens is 240 g/mol.